The van der Waals surface area contributed by atoms with Gasteiger partial charge in [0.05, 0.1) is 19.5 Å². The van der Waals surface area contributed by atoms with Crippen LogP contribution in [-0.4, -0.2) is 79.1 Å². The maximum atomic E-state index is 12.4. The molecule has 0 aromatic carbocycles. The Morgan fingerprint density at radius 2 is 1.61 bits per heavy atom. The van der Waals surface area contributed by atoms with E-state index in [4.69, 9.17) is 9.15 Å². The van der Waals surface area contributed by atoms with Crippen molar-refractivity contribution < 1.29 is 18.7 Å². The van der Waals surface area contributed by atoms with Crippen molar-refractivity contribution in [1.82, 2.24) is 14.7 Å². The molecule has 1 aromatic heterocycles. The van der Waals surface area contributed by atoms with Crippen molar-refractivity contribution in [3.05, 3.63) is 30.2 Å². The summed E-state index contributed by atoms with van der Waals surface area (Å²) < 4.78 is 10.4. The van der Waals surface area contributed by atoms with Crippen LogP contribution in [0.15, 0.2) is 28.9 Å². The van der Waals surface area contributed by atoms with Crippen molar-refractivity contribution >= 4 is 18.0 Å². The van der Waals surface area contributed by atoms with Gasteiger partial charge in [0, 0.05) is 45.3 Å². The molecule has 0 N–H and O–H groups in total. The highest BCUT2D eigenvalue weighted by atomic mass is 16.5. The molecule has 2 aliphatic rings. The summed E-state index contributed by atoms with van der Waals surface area (Å²) in [6.07, 6.45) is 4.74. The first kappa shape index (κ1) is 15.6. The number of rotatable bonds is 2. The minimum absolute atomic E-state index is 0.0477. The highest BCUT2D eigenvalue weighted by Crippen LogP contribution is 2.09. The van der Waals surface area contributed by atoms with Gasteiger partial charge in [-0.05, 0) is 18.2 Å². The van der Waals surface area contributed by atoms with Crippen molar-refractivity contribution in [2.24, 2.45) is 0 Å². The summed E-state index contributed by atoms with van der Waals surface area (Å²) in [5, 5.41) is 0. The second kappa shape index (κ2) is 7.32. The summed E-state index contributed by atoms with van der Waals surface area (Å²) in [6, 6.07) is 3.62. The number of carbonyl (C=O) groups is 2. The number of urea groups is 1. The molecule has 0 saturated carbocycles. The molecule has 7 heteroatoms. The Hall–Kier alpha value is -2.28. The Morgan fingerprint density at radius 1 is 0.957 bits per heavy atom. The normalized spacial score (nSPS) is 19.4. The third kappa shape index (κ3) is 3.92. The van der Waals surface area contributed by atoms with Crippen LogP contribution in [0.5, 0.6) is 0 Å². The van der Waals surface area contributed by atoms with Gasteiger partial charge in [-0.25, -0.2) is 4.79 Å². The molecule has 23 heavy (non-hydrogen) atoms. The first-order valence-corrected chi connectivity index (χ1v) is 7.86. The fourth-order valence-corrected chi connectivity index (χ4v) is 2.72. The second-order valence-corrected chi connectivity index (χ2v) is 5.54. The third-order valence-corrected chi connectivity index (χ3v) is 4.08. The van der Waals surface area contributed by atoms with Crippen molar-refractivity contribution in [1.29, 1.82) is 0 Å². The molecule has 1 aromatic rings. The molecule has 2 aliphatic heterocycles. The number of hydrogen-bond acceptors (Lipinski definition) is 4. The molecule has 124 valence electrons. The van der Waals surface area contributed by atoms with Crippen LogP contribution in [0.4, 0.5) is 4.79 Å². The first-order chi connectivity index (χ1) is 11.2. The lowest BCUT2D eigenvalue weighted by Gasteiger charge is -2.38. The van der Waals surface area contributed by atoms with Gasteiger partial charge in [0.2, 0.25) is 5.91 Å². The van der Waals surface area contributed by atoms with Crippen LogP contribution in [0.1, 0.15) is 5.76 Å². The van der Waals surface area contributed by atoms with E-state index in [-0.39, 0.29) is 11.9 Å². The van der Waals surface area contributed by atoms with Crippen LogP contribution in [-0.2, 0) is 9.53 Å². The first-order valence-electron chi connectivity index (χ1n) is 7.86. The van der Waals surface area contributed by atoms with Gasteiger partial charge in [-0.1, -0.05) is 0 Å². The van der Waals surface area contributed by atoms with Crippen LogP contribution >= 0.6 is 0 Å². The zero-order chi connectivity index (χ0) is 16.1. The smallest absolute Gasteiger partial charge is 0.320 e. The van der Waals surface area contributed by atoms with Crippen LogP contribution in [0.2, 0.25) is 0 Å². The number of piperazine rings is 1. The molecule has 0 bridgehead atoms. The molecular weight excluding hydrogens is 298 g/mol. The fourth-order valence-electron chi connectivity index (χ4n) is 2.72. The molecule has 3 rings (SSSR count). The highest BCUT2D eigenvalue weighted by Gasteiger charge is 2.27. The Bertz CT molecular complexity index is 556. The van der Waals surface area contributed by atoms with Crippen LogP contribution < -0.4 is 0 Å². The van der Waals surface area contributed by atoms with Gasteiger partial charge in [0.25, 0.3) is 0 Å². The number of nitrogens with zero attached hydrogens (tertiary/aromatic N) is 3. The summed E-state index contributed by atoms with van der Waals surface area (Å²) in [5.74, 6) is 0.597. The SMILES string of the molecule is O=C(/C=C/c1ccco1)N1CCN(C(=O)N2CCOCC2)CC1. The lowest BCUT2D eigenvalue weighted by molar-refractivity contribution is -0.127. The number of furan rings is 1. The van der Waals surface area contributed by atoms with E-state index in [9.17, 15) is 9.59 Å². The summed E-state index contributed by atoms with van der Waals surface area (Å²) in [7, 11) is 0. The largest absolute Gasteiger partial charge is 0.465 e. The summed E-state index contributed by atoms with van der Waals surface area (Å²) in [6.45, 7) is 4.72. The van der Waals surface area contributed by atoms with Crippen LogP contribution in [0.3, 0.4) is 0 Å². The standard InChI is InChI=1S/C16H21N3O4/c20-15(4-3-14-2-1-11-23-14)17-5-7-18(8-6-17)16(21)19-9-12-22-13-10-19/h1-4,11H,5-10,12-13H2/b4-3+. The van der Waals surface area contributed by atoms with E-state index in [0.29, 0.717) is 58.2 Å². The predicted molar refractivity (Wildman–Crippen MR) is 83.7 cm³/mol. The Morgan fingerprint density at radius 3 is 2.26 bits per heavy atom. The molecule has 0 radical (unpaired) electrons. The number of carbonyl (C=O) groups excluding carboxylic acids is 2. The predicted octanol–water partition coefficient (Wildman–Crippen LogP) is 0.889. The van der Waals surface area contributed by atoms with Crippen molar-refractivity contribution in [2.75, 3.05) is 52.5 Å². The van der Waals surface area contributed by atoms with Gasteiger partial charge in [-0.3, -0.25) is 4.79 Å². The highest BCUT2D eigenvalue weighted by molar-refractivity contribution is 5.91. The minimum atomic E-state index is -0.0557. The molecule has 0 unspecified atom stereocenters. The molecule has 3 heterocycles. The number of amides is 3. The summed E-state index contributed by atoms with van der Waals surface area (Å²) in [4.78, 5) is 29.9. The Balaban J connectivity index is 1.47. The van der Waals surface area contributed by atoms with Gasteiger partial charge in [-0.15, -0.1) is 0 Å². The molecular formula is C16H21N3O4. The Labute approximate surface area is 135 Å². The van der Waals surface area contributed by atoms with Crippen molar-refractivity contribution in [2.45, 2.75) is 0 Å². The van der Waals surface area contributed by atoms with E-state index in [1.807, 2.05) is 9.80 Å². The van der Waals surface area contributed by atoms with E-state index in [1.165, 1.54) is 6.08 Å². The maximum absolute atomic E-state index is 12.4. The molecule has 0 spiro atoms. The second-order valence-electron chi connectivity index (χ2n) is 5.54. The topological polar surface area (TPSA) is 66.2 Å². The van der Waals surface area contributed by atoms with Crippen molar-refractivity contribution in [3.8, 4) is 0 Å². The molecule has 7 nitrogen and oxygen atoms in total. The number of ether oxygens (including phenoxy) is 1. The van der Waals surface area contributed by atoms with E-state index >= 15 is 0 Å². The summed E-state index contributed by atoms with van der Waals surface area (Å²) in [5.41, 5.74) is 0. The summed E-state index contributed by atoms with van der Waals surface area (Å²) >= 11 is 0. The third-order valence-electron chi connectivity index (χ3n) is 4.08. The number of morpholine rings is 1. The molecule has 0 aliphatic carbocycles. The molecule has 3 amide bonds. The van der Waals surface area contributed by atoms with Crippen LogP contribution in [0, 0.1) is 0 Å². The zero-order valence-corrected chi connectivity index (χ0v) is 13.0. The Kier molecular flexibility index (Phi) is 4.97. The zero-order valence-electron chi connectivity index (χ0n) is 13.0. The molecule has 2 saturated heterocycles. The quantitative estimate of drug-likeness (QED) is 0.759. The van der Waals surface area contributed by atoms with Gasteiger partial charge >= 0.3 is 6.03 Å². The van der Waals surface area contributed by atoms with Gasteiger partial charge in [0.1, 0.15) is 5.76 Å². The van der Waals surface area contributed by atoms with E-state index in [1.54, 1.807) is 29.4 Å². The lowest BCUT2D eigenvalue weighted by Crippen LogP contribution is -2.55. The van der Waals surface area contributed by atoms with Crippen molar-refractivity contribution in [3.63, 3.8) is 0 Å². The average Bonchev–Trinajstić information content (AvgIpc) is 3.13. The van der Waals surface area contributed by atoms with E-state index in [0.717, 1.165) is 0 Å². The van der Waals surface area contributed by atoms with Gasteiger partial charge in [-0.2, -0.15) is 0 Å². The lowest BCUT2D eigenvalue weighted by atomic mass is 10.3. The molecule has 2 fully saturated rings. The number of hydrogen-bond donors (Lipinski definition) is 0. The van der Waals surface area contributed by atoms with Crippen LogP contribution in [0.25, 0.3) is 6.08 Å². The molecule has 0 atom stereocenters. The minimum Gasteiger partial charge on any atom is -0.465 e. The van der Waals surface area contributed by atoms with Gasteiger partial charge < -0.3 is 23.9 Å². The fraction of sp³-hybridized carbons (Fsp3) is 0.500. The maximum Gasteiger partial charge on any atom is 0.320 e. The average molecular weight is 319 g/mol. The van der Waals surface area contributed by atoms with E-state index in [2.05, 4.69) is 0 Å². The van der Waals surface area contributed by atoms with Gasteiger partial charge in [0.15, 0.2) is 0 Å². The monoisotopic (exact) mass is 319 g/mol. The van der Waals surface area contributed by atoms with E-state index < -0.39 is 0 Å².